The largest absolute Gasteiger partial charge is 0.494 e. The third-order valence-corrected chi connectivity index (χ3v) is 3.05. The fourth-order valence-electron chi connectivity index (χ4n) is 1.90. The third-order valence-electron chi connectivity index (χ3n) is 3.05. The van der Waals surface area contributed by atoms with E-state index < -0.39 is 0 Å². The van der Waals surface area contributed by atoms with E-state index in [0.717, 1.165) is 45.0 Å². The maximum atomic E-state index is 8.82. The van der Waals surface area contributed by atoms with Gasteiger partial charge in [-0.15, -0.1) is 0 Å². The number of rotatable bonds is 10. The molecule has 0 atom stereocenters. The van der Waals surface area contributed by atoms with Gasteiger partial charge in [-0.25, -0.2) is 0 Å². The molecule has 0 N–H and O–H groups in total. The van der Waals surface area contributed by atoms with Gasteiger partial charge in [0, 0.05) is 19.7 Å². The van der Waals surface area contributed by atoms with Crippen LogP contribution >= 0.6 is 0 Å². The van der Waals surface area contributed by atoms with Crippen molar-refractivity contribution in [1.82, 2.24) is 4.90 Å². The highest BCUT2D eigenvalue weighted by molar-refractivity contribution is 5.36. The molecule has 0 heterocycles. The standard InChI is InChI=1S/C16H24N2O2/c1-3-18(10-12-19-4-2)9-6-11-20-16-8-5-7-15(13-16)14-17/h5,7-8,13H,3-4,6,9-12H2,1-2H3. The average molecular weight is 276 g/mol. The highest BCUT2D eigenvalue weighted by atomic mass is 16.5. The van der Waals surface area contributed by atoms with E-state index in [0.29, 0.717) is 12.2 Å². The predicted octanol–water partition coefficient (Wildman–Crippen LogP) is 2.69. The second kappa shape index (κ2) is 10.2. The molecule has 1 aromatic carbocycles. The van der Waals surface area contributed by atoms with E-state index in [1.807, 2.05) is 19.1 Å². The Morgan fingerprint density at radius 1 is 1.20 bits per heavy atom. The van der Waals surface area contributed by atoms with Crippen LogP contribution in [-0.4, -0.2) is 44.4 Å². The van der Waals surface area contributed by atoms with E-state index in [1.165, 1.54) is 0 Å². The molecule has 0 bridgehead atoms. The Morgan fingerprint density at radius 3 is 2.75 bits per heavy atom. The van der Waals surface area contributed by atoms with Gasteiger partial charge < -0.3 is 14.4 Å². The van der Waals surface area contributed by atoms with Crippen molar-refractivity contribution in [3.8, 4) is 11.8 Å². The number of nitrogens with zero attached hydrogens (tertiary/aromatic N) is 2. The summed E-state index contributed by atoms with van der Waals surface area (Å²) in [7, 11) is 0. The number of hydrogen-bond acceptors (Lipinski definition) is 4. The number of ether oxygens (including phenoxy) is 2. The first-order valence-electron chi connectivity index (χ1n) is 7.23. The molecule has 20 heavy (non-hydrogen) atoms. The molecule has 4 heteroatoms. The topological polar surface area (TPSA) is 45.5 Å². The SMILES string of the molecule is CCOCCN(CC)CCCOc1cccc(C#N)c1. The Bertz CT molecular complexity index is 415. The van der Waals surface area contributed by atoms with Crippen LogP contribution in [0.5, 0.6) is 5.75 Å². The van der Waals surface area contributed by atoms with E-state index in [2.05, 4.69) is 17.9 Å². The summed E-state index contributed by atoms with van der Waals surface area (Å²) in [6.45, 7) is 9.39. The lowest BCUT2D eigenvalue weighted by atomic mass is 10.2. The van der Waals surface area contributed by atoms with Gasteiger partial charge in [-0.1, -0.05) is 13.0 Å². The first-order chi connectivity index (χ1) is 9.80. The maximum Gasteiger partial charge on any atom is 0.120 e. The normalized spacial score (nSPS) is 10.5. The van der Waals surface area contributed by atoms with Crippen LogP contribution in [0.15, 0.2) is 24.3 Å². The van der Waals surface area contributed by atoms with Crippen LogP contribution in [0.25, 0.3) is 0 Å². The Morgan fingerprint density at radius 2 is 2.05 bits per heavy atom. The van der Waals surface area contributed by atoms with Gasteiger partial charge in [-0.3, -0.25) is 0 Å². The second-order valence-electron chi connectivity index (χ2n) is 4.47. The quantitative estimate of drug-likeness (QED) is 0.616. The summed E-state index contributed by atoms with van der Waals surface area (Å²) in [6, 6.07) is 9.38. The van der Waals surface area contributed by atoms with Crippen molar-refractivity contribution in [2.45, 2.75) is 20.3 Å². The smallest absolute Gasteiger partial charge is 0.120 e. The van der Waals surface area contributed by atoms with Gasteiger partial charge in [0.05, 0.1) is 24.8 Å². The number of likely N-dealkylation sites (N-methyl/N-ethyl adjacent to an activating group) is 1. The van der Waals surface area contributed by atoms with Gasteiger partial charge in [-0.05, 0) is 38.1 Å². The van der Waals surface area contributed by atoms with E-state index in [1.54, 1.807) is 12.1 Å². The molecule has 0 aliphatic carbocycles. The summed E-state index contributed by atoms with van der Waals surface area (Å²) in [6.07, 6.45) is 0.969. The molecular weight excluding hydrogens is 252 g/mol. The van der Waals surface area contributed by atoms with E-state index in [-0.39, 0.29) is 0 Å². The lowest BCUT2D eigenvalue weighted by molar-refractivity contribution is 0.112. The zero-order valence-electron chi connectivity index (χ0n) is 12.5. The molecule has 0 aromatic heterocycles. The Balaban J connectivity index is 2.21. The van der Waals surface area contributed by atoms with E-state index in [4.69, 9.17) is 14.7 Å². The summed E-state index contributed by atoms with van der Waals surface area (Å²) in [4.78, 5) is 2.35. The highest BCUT2D eigenvalue weighted by Gasteiger charge is 2.02. The van der Waals surface area contributed by atoms with Crippen LogP contribution in [0.3, 0.4) is 0 Å². The first kappa shape index (κ1) is 16.5. The van der Waals surface area contributed by atoms with Crippen molar-refractivity contribution in [2.24, 2.45) is 0 Å². The molecule has 0 saturated heterocycles. The summed E-state index contributed by atoms with van der Waals surface area (Å²) in [5.41, 5.74) is 0.634. The van der Waals surface area contributed by atoms with Crippen LogP contribution in [0.1, 0.15) is 25.8 Å². The van der Waals surface area contributed by atoms with Gasteiger partial charge in [0.2, 0.25) is 0 Å². The fourth-order valence-corrected chi connectivity index (χ4v) is 1.90. The van der Waals surface area contributed by atoms with Gasteiger partial charge in [0.15, 0.2) is 0 Å². The molecule has 0 amide bonds. The maximum absolute atomic E-state index is 8.82. The fraction of sp³-hybridized carbons (Fsp3) is 0.562. The Hall–Kier alpha value is -1.57. The van der Waals surface area contributed by atoms with Gasteiger partial charge >= 0.3 is 0 Å². The highest BCUT2D eigenvalue weighted by Crippen LogP contribution is 2.12. The molecule has 0 unspecified atom stereocenters. The van der Waals surface area contributed by atoms with Crippen LogP contribution in [0, 0.1) is 11.3 Å². The summed E-state index contributed by atoms with van der Waals surface area (Å²) >= 11 is 0. The van der Waals surface area contributed by atoms with Gasteiger partial charge in [0.1, 0.15) is 5.75 Å². The molecule has 0 fully saturated rings. The first-order valence-corrected chi connectivity index (χ1v) is 7.23. The molecular formula is C16H24N2O2. The van der Waals surface area contributed by atoms with Crippen molar-refractivity contribution < 1.29 is 9.47 Å². The summed E-state index contributed by atoms with van der Waals surface area (Å²) < 4.78 is 11.0. The molecule has 0 aliphatic rings. The summed E-state index contributed by atoms with van der Waals surface area (Å²) in [5.74, 6) is 0.765. The minimum Gasteiger partial charge on any atom is -0.494 e. The summed E-state index contributed by atoms with van der Waals surface area (Å²) in [5, 5.41) is 8.82. The zero-order chi connectivity index (χ0) is 14.6. The van der Waals surface area contributed by atoms with Gasteiger partial charge in [0.25, 0.3) is 0 Å². The minimum atomic E-state index is 0.634. The number of nitriles is 1. The molecule has 4 nitrogen and oxygen atoms in total. The number of benzene rings is 1. The monoisotopic (exact) mass is 276 g/mol. The van der Waals surface area contributed by atoms with Crippen LogP contribution < -0.4 is 4.74 Å². The predicted molar refractivity (Wildman–Crippen MR) is 79.9 cm³/mol. The van der Waals surface area contributed by atoms with Crippen molar-refractivity contribution in [1.29, 1.82) is 5.26 Å². The number of hydrogen-bond donors (Lipinski definition) is 0. The average Bonchev–Trinajstić information content (AvgIpc) is 2.50. The van der Waals surface area contributed by atoms with Crippen molar-refractivity contribution >= 4 is 0 Å². The van der Waals surface area contributed by atoms with Crippen LogP contribution in [0.2, 0.25) is 0 Å². The second-order valence-corrected chi connectivity index (χ2v) is 4.47. The third kappa shape index (κ3) is 6.55. The Labute approximate surface area is 121 Å². The van der Waals surface area contributed by atoms with E-state index in [9.17, 15) is 0 Å². The van der Waals surface area contributed by atoms with Crippen LogP contribution in [-0.2, 0) is 4.74 Å². The molecule has 110 valence electrons. The lowest BCUT2D eigenvalue weighted by Crippen LogP contribution is -2.29. The molecule has 1 rings (SSSR count). The lowest BCUT2D eigenvalue weighted by Gasteiger charge is -2.20. The van der Waals surface area contributed by atoms with Crippen molar-refractivity contribution in [3.63, 3.8) is 0 Å². The zero-order valence-corrected chi connectivity index (χ0v) is 12.5. The molecule has 0 radical (unpaired) electrons. The molecule has 1 aromatic rings. The van der Waals surface area contributed by atoms with Gasteiger partial charge in [-0.2, -0.15) is 5.26 Å². The molecule has 0 aliphatic heterocycles. The Kier molecular flexibility index (Phi) is 8.44. The minimum absolute atomic E-state index is 0.634. The van der Waals surface area contributed by atoms with Crippen LogP contribution in [0.4, 0.5) is 0 Å². The van der Waals surface area contributed by atoms with Crippen molar-refractivity contribution in [3.05, 3.63) is 29.8 Å². The molecule has 0 saturated carbocycles. The van der Waals surface area contributed by atoms with Crippen molar-refractivity contribution in [2.75, 3.05) is 39.5 Å². The van der Waals surface area contributed by atoms with E-state index >= 15 is 0 Å². The molecule has 0 spiro atoms.